The molecule has 1 aromatic carbocycles. The van der Waals surface area contributed by atoms with E-state index in [9.17, 15) is 9.59 Å². The highest BCUT2D eigenvalue weighted by Crippen LogP contribution is 2.45. The minimum Gasteiger partial charge on any atom is -0.351 e. The van der Waals surface area contributed by atoms with E-state index in [1.165, 1.54) is 0 Å². The molecule has 4 heteroatoms. The summed E-state index contributed by atoms with van der Waals surface area (Å²) >= 11 is 0. The van der Waals surface area contributed by atoms with E-state index in [1.54, 1.807) is 4.90 Å². The van der Waals surface area contributed by atoms with Crippen LogP contribution >= 0.6 is 0 Å². The molecule has 1 aliphatic heterocycles. The fraction of sp³-hybridized carbons (Fsp3) is 0.474. The Labute approximate surface area is 137 Å². The summed E-state index contributed by atoms with van der Waals surface area (Å²) in [5.41, 5.74) is 2.80. The van der Waals surface area contributed by atoms with Crippen LogP contribution in [0.15, 0.2) is 36.0 Å². The van der Waals surface area contributed by atoms with Crippen molar-refractivity contribution in [1.82, 2.24) is 10.2 Å². The molecule has 1 unspecified atom stereocenters. The number of hydrogen-bond donors (Lipinski definition) is 1. The number of nitrogens with one attached hydrogen (secondary N) is 1. The number of rotatable bonds is 3. The van der Waals surface area contributed by atoms with Gasteiger partial charge >= 0.3 is 0 Å². The summed E-state index contributed by atoms with van der Waals surface area (Å²) in [6.07, 6.45) is 6.74. The van der Waals surface area contributed by atoms with Gasteiger partial charge in [0.05, 0.1) is 0 Å². The van der Waals surface area contributed by atoms with Gasteiger partial charge in [-0.25, -0.2) is 0 Å². The average Bonchev–Trinajstić information content (AvgIpc) is 2.56. The van der Waals surface area contributed by atoms with Crippen LogP contribution in [0.3, 0.4) is 0 Å². The van der Waals surface area contributed by atoms with Crippen LogP contribution < -0.4 is 5.32 Å². The van der Waals surface area contributed by atoms with Crippen molar-refractivity contribution < 1.29 is 9.59 Å². The average molecular weight is 312 g/mol. The number of aryl methyl sites for hydroxylation is 1. The lowest BCUT2D eigenvalue weighted by Gasteiger charge is -2.46. The molecular formula is C19H24N2O2. The molecule has 1 atom stereocenters. The first-order valence-corrected chi connectivity index (χ1v) is 8.34. The van der Waals surface area contributed by atoms with E-state index in [0.29, 0.717) is 18.5 Å². The van der Waals surface area contributed by atoms with Crippen molar-refractivity contribution in [3.8, 4) is 0 Å². The molecule has 122 valence electrons. The Kier molecular flexibility index (Phi) is 4.24. The Bertz CT molecular complexity index is 665. The quantitative estimate of drug-likeness (QED) is 0.932. The zero-order valence-corrected chi connectivity index (χ0v) is 13.9. The second-order valence-electron chi connectivity index (χ2n) is 6.77. The summed E-state index contributed by atoms with van der Waals surface area (Å²) in [6, 6.07) is 7.63. The molecule has 1 saturated heterocycles. The number of fused-ring (bicyclic) bond motifs is 1. The van der Waals surface area contributed by atoms with Crippen LogP contribution in [0, 0.1) is 12.3 Å². The largest absolute Gasteiger partial charge is 0.351 e. The number of benzene rings is 1. The number of hydrogen-bond acceptors (Lipinski definition) is 2. The Morgan fingerprint density at radius 2 is 2.17 bits per heavy atom. The maximum atomic E-state index is 12.4. The van der Waals surface area contributed by atoms with Crippen LogP contribution in [0.5, 0.6) is 0 Å². The molecule has 0 radical (unpaired) electrons. The van der Waals surface area contributed by atoms with Gasteiger partial charge in [-0.2, -0.15) is 0 Å². The molecule has 0 bridgehead atoms. The first-order chi connectivity index (χ1) is 11.0. The van der Waals surface area contributed by atoms with Crippen molar-refractivity contribution in [2.45, 2.75) is 39.0 Å². The number of piperidine rings is 1. The molecule has 1 fully saturated rings. The van der Waals surface area contributed by atoms with Crippen molar-refractivity contribution in [3.63, 3.8) is 0 Å². The number of carbonyl (C=O) groups excluding carboxylic acids is 2. The van der Waals surface area contributed by atoms with Gasteiger partial charge in [0.2, 0.25) is 5.91 Å². The molecular weight excluding hydrogens is 288 g/mol. The van der Waals surface area contributed by atoms with Crippen molar-refractivity contribution >= 4 is 11.8 Å². The topological polar surface area (TPSA) is 49.4 Å². The highest BCUT2D eigenvalue weighted by molar-refractivity contribution is 5.94. The summed E-state index contributed by atoms with van der Waals surface area (Å²) in [7, 11) is 1.86. The predicted octanol–water partition coefficient (Wildman–Crippen LogP) is 3.03. The minimum atomic E-state index is -0.0829. The van der Waals surface area contributed by atoms with Crippen LogP contribution in [0.25, 0.3) is 0 Å². The van der Waals surface area contributed by atoms with Gasteiger partial charge in [-0.05, 0) is 44.7 Å². The fourth-order valence-electron chi connectivity index (χ4n) is 3.82. The molecule has 1 aliphatic carbocycles. The van der Waals surface area contributed by atoms with E-state index < -0.39 is 0 Å². The molecule has 2 amide bonds. The van der Waals surface area contributed by atoms with E-state index in [-0.39, 0.29) is 17.2 Å². The van der Waals surface area contributed by atoms with Gasteiger partial charge in [0.15, 0.2) is 0 Å². The van der Waals surface area contributed by atoms with Gasteiger partial charge < -0.3 is 10.2 Å². The molecule has 4 nitrogen and oxygen atoms in total. The third kappa shape index (κ3) is 3.03. The lowest BCUT2D eigenvalue weighted by atomic mass is 9.70. The molecule has 1 aromatic rings. The Hall–Kier alpha value is -2.10. The third-order valence-electron chi connectivity index (χ3n) is 5.16. The van der Waals surface area contributed by atoms with Crippen molar-refractivity contribution in [2.24, 2.45) is 5.41 Å². The van der Waals surface area contributed by atoms with Crippen molar-refractivity contribution in [3.05, 3.63) is 47.2 Å². The van der Waals surface area contributed by atoms with E-state index in [1.807, 2.05) is 38.2 Å². The van der Waals surface area contributed by atoms with Gasteiger partial charge in [-0.15, -0.1) is 0 Å². The van der Waals surface area contributed by atoms with Gasteiger partial charge in [-0.1, -0.05) is 23.8 Å². The monoisotopic (exact) mass is 312 g/mol. The van der Waals surface area contributed by atoms with Gasteiger partial charge in [0.25, 0.3) is 5.91 Å². The highest BCUT2D eigenvalue weighted by Gasteiger charge is 2.43. The summed E-state index contributed by atoms with van der Waals surface area (Å²) in [5.74, 6) is 0.145. The zero-order chi connectivity index (χ0) is 16.4. The molecule has 23 heavy (non-hydrogen) atoms. The summed E-state index contributed by atoms with van der Waals surface area (Å²) in [4.78, 5) is 26.2. The van der Waals surface area contributed by atoms with Gasteiger partial charge in [0.1, 0.15) is 0 Å². The Morgan fingerprint density at radius 3 is 2.96 bits per heavy atom. The van der Waals surface area contributed by atoms with E-state index in [2.05, 4.69) is 11.4 Å². The number of carbonyl (C=O) groups is 2. The molecule has 1 heterocycles. The smallest absolute Gasteiger partial charge is 0.251 e. The normalized spacial score (nSPS) is 24.0. The van der Waals surface area contributed by atoms with E-state index in [4.69, 9.17) is 0 Å². The molecule has 0 aromatic heterocycles. The number of nitrogens with zero attached hydrogens (tertiary/aromatic N) is 1. The molecule has 2 aliphatic rings. The lowest BCUT2D eigenvalue weighted by molar-refractivity contribution is -0.132. The van der Waals surface area contributed by atoms with Crippen LogP contribution in [0.2, 0.25) is 0 Å². The second-order valence-corrected chi connectivity index (χ2v) is 6.77. The maximum Gasteiger partial charge on any atom is 0.251 e. The number of amides is 2. The van der Waals surface area contributed by atoms with Crippen molar-refractivity contribution in [1.29, 1.82) is 0 Å². The maximum absolute atomic E-state index is 12.4. The first-order valence-electron chi connectivity index (χ1n) is 8.34. The van der Waals surface area contributed by atoms with Crippen LogP contribution in [0.1, 0.15) is 48.0 Å². The van der Waals surface area contributed by atoms with Gasteiger partial charge in [-0.3, -0.25) is 9.59 Å². The minimum absolute atomic E-state index is 0.0347. The van der Waals surface area contributed by atoms with Crippen LogP contribution in [-0.2, 0) is 4.79 Å². The molecule has 0 saturated carbocycles. The van der Waals surface area contributed by atoms with Crippen molar-refractivity contribution in [2.75, 3.05) is 13.6 Å². The summed E-state index contributed by atoms with van der Waals surface area (Å²) < 4.78 is 0. The zero-order valence-electron chi connectivity index (χ0n) is 13.9. The lowest BCUT2D eigenvalue weighted by Crippen LogP contribution is -2.49. The Balaban J connectivity index is 1.75. The SMILES string of the molecule is Cc1cccc(C(=O)NCC23CCCC=C2N(C)C(=O)CC3)c1. The standard InChI is InChI=1S/C19H24N2O2/c1-14-6-5-7-15(12-14)18(23)20-13-19-10-4-3-8-16(19)21(2)17(22)9-11-19/h5-8,12H,3-4,9-11,13H2,1-2H3,(H,20,23). The molecule has 1 N–H and O–H groups in total. The van der Waals surface area contributed by atoms with E-state index >= 15 is 0 Å². The van der Waals surface area contributed by atoms with E-state index in [0.717, 1.165) is 36.9 Å². The second kappa shape index (κ2) is 6.19. The highest BCUT2D eigenvalue weighted by atomic mass is 16.2. The summed E-state index contributed by atoms with van der Waals surface area (Å²) in [6.45, 7) is 2.59. The summed E-state index contributed by atoms with van der Waals surface area (Å²) in [5, 5.41) is 3.10. The van der Waals surface area contributed by atoms with Crippen LogP contribution in [0.4, 0.5) is 0 Å². The first kappa shape index (κ1) is 15.8. The molecule has 0 spiro atoms. The fourth-order valence-corrected chi connectivity index (χ4v) is 3.82. The number of allylic oxidation sites excluding steroid dienone is 1. The van der Waals surface area contributed by atoms with Crippen LogP contribution in [-0.4, -0.2) is 30.3 Å². The van der Waals surface area contributed by atoms with Gasteiger partial charge in [0, 0.05) is 36.7 Å². The Morgan fingerprint density at radius 1 is 1.35 bits per heavy atom. The molecule has 3 rings (SSSR count). The third-order valence-corrected chi connectivity index (χ3v) is 5.16. The number of likely N-dealkylation sites (tertiary alicyclic amines) is 1. The predicted molar refractivity (Wildman–Crippen MR) is 89.9 cm³/mol.